The van der Waals surface area contributed by atoms with Crippen molar-refractivity contribution in [3.63, 3.8) is 0 Å². The molecule has 2 aromatic rings. The van der Waals surface area contributed by atoms with Crippen LogP contribution in [-0.2, 0) is 6.54 Å². The highest BCUT2D eigenvalue weighted by molar-refractivity contribution is 5.33. The monoisotopic (exact) mass is 283 g/mol. The molecule has 1 aromatic heterocycles. The number of nitro benzene ring substituents is 1. The second kappa shape index (κ2) is 6.01. The van der Waals surface area contributed by atoms with Gasteiger partial charge in [-0.15, -0.1) is 0 Å². The smallest absolute Gasteiger partial charge is 0.269 e. The lowest BCUT2D eigenvalue weighted by Crippen LogP contribution is -2.22. The highest BCUT2D eigenvalue weighted by Gasteiger charge is 2.25. The molecular formula is C16H17N3O2. The molecule has 1 saturated heterocycles. The molecule has 0 amide bonds. The minimum Gasteiger partial charge on any atom is -0.292 e. The SMILES string of the molecule is O=[N+]([O-])c1ccc(CN2CCCC2c2ccncc2)cc1. The first-order chi connectivity index (χ1) is 10.2. The molecule has 0 saturated carbocycles. The molecule has 0 bridgehead atoms. The van der Waals surface area contributed by atoms with E-state index in [0.29, 0.717) is 6.04 Å². The van der Waals surface area contributed by atoms with Crippen molar-refractivity contribution >= 4 is 5.69 Å². The Hall–Kier alpha value is -2.27. The van der Waals surface area contributed by atoms with Gasteiger partial charge in [0.15, 0.2) is 0 Å². The predicted molar refractivity (Wildman–Crippen MR) is 79.7 cm³/mol. The third kappa shape index (κ3) is 3.08. The molecule has 1 aliphatic rings. The molecule has 0 aliphatic carbocycles. The molecule has 0 radical (unpaired) electrons. The van der Waals surface area contributed by atoms with Crippen LogP contribution in [-0.4, -0.2) is 21.4 Å². The molecule has 1 fully saturated rings. The maximum absolute atomic E-state index is 10.7. The highest BCUT2D eigenvalue weighted by atomic mass is 16.6. The van der Waals surface area contributed by atoms with Crippen LogP contribution >= 0.6 is 0 Å². The lowest BCUT2D eigenvalue weighted by Gasteiger charge is -2.24. The molecule has 0 N–H and O–H groups in total. The van der Waals surface area contributed by atoms with Crippen LogP contribution in [0.1, 0.15) is 30.0 Å². The molecule has 0 spiro atoms. The second-order valence-corrected chi connectivity index (χ2v) is 5.33. The van der Waals surface area contributed by atoms with Crippen LogP contribution in [0.3, 0.4) is 0 Å². The number of non-ortho nitro benzene ring substituents is 1. The number of hydrogen-bond donors (Lipinski definition) is 0. The molecule has 5 heteroatoms. The maximum atomic E-state index is 10.7. The van der Waals surface area contributed by atoms with Gasteiger partial charge in [-0.25, -0.2) is 0 Å². The zero-order valence-electron chi connectivity index (χ0n) is 11.7. The summed E-state index contributed by atoms with van der Waals surface area (Å²) in [5.74, 6) is 0. The predicted octanol–water partition coefficient (Wildman–Crippen LogP) is 3.33. The molecule has 1 aliphatic heterocycles. The third-order valence-corrected chi connectivity index (χ3v) is 3.99. The molecule has 5 nitrogen and oxygen atoms in total. The summed E-state index contributed by atoms with van der Waals surface area (Å²) in [6.45, 7) is 1.88. The number of nitrogens with zero attached hydrogens (tertiary/aromatic N) is 3. The van der Waals surface area contributed by atoms with Gasteiger partial charge in [-0.3, -0.25) is 20.0 Å². The number of benzene rings is 1. The maximum Gasteiger partial charge on any atom is 0.269 e. The van der Waals surface area contributed by atoms with Crippen molar-refractivity contribution in [1.82, 2.24) is 9.88 Å². The Kier molecular flexibility index (Phi) is 3.92. The number of aromatic nitrogens is 1. The molecule has 1 unspecified atom stereocenters. The molecule has 21 heavy (non-hydrogen) atoms. The number of rotatable bonds is 4. The minimum atomic E-state index is -0.362. The molecular weight excluding hydrogens is 266 g/mol. The van der Waals surface area contributed by atoms with E-state index in [4.69, 9.17) is 0 Å². The van der Waals surface area contributed by atoms with Crippen LogP contribution in [0.2, 0.25) is 0 Å². The van der Waals surface area contributed by atoms with Crippen LogP contribution in [0, 0.1) is 10.1 Å². The van der Waals surface area contributed by atoms with Gasteiger partial charge >= 0.3 is 0 Å². The fourth-order valence-electron chi connectivity index (χ4n) is 2.94. The molecule has 2 heterocycles. The van der Waals surface area contributed by atoms with Gasteiger partial charge in [-0.05, 0) is 42.6 Å². The summed E-state index contributed by atoms with van der Waals surface area (Å²) < 4.78 is 0. The lowest BCUT2D eigenvalue weighted by molar-refractivity contribution is -0.384. The number of hydrogen-bond acceptors (Lipinski definition) is 4. The summed E-state index contributed by atoms with van der Waals surface area (Å²) in [5, 5.41) is 10.7. The van der Waals surface area contributed by atoms with Crippen LogP contribution < -0.4 is 0 Å². The molecule has 108 valence electrons. The van der Waals surface area contributed by atoms with Gasteiger partial charge in [0, 0.05) is 37.1 Å². The zero-order chi connectivity index (χ0) is 14.7. The Bertz CT molecular complexity index is 613. The lowest BCUT2D eigenvalue weighted by atomic mass is 10.1. The highest BCUT2D eigenvalue weighted by Crippen LogP contribution is 2.32. The summed E-state index contributed by atoms with van der Waals surface area (Å²) in [4.78, 5) is 16.8. The standard InChI is InChI=1S/C16H17N3O2/c20-19(21)15-5-3-13(4-6-15)12-18-11-1-2-16(18)14-7-9-17-10-8-14/h3-10,16H,1-2,11-12H2. The fraction of sp³-hybridized carbons (Fsp3) is 0.312. The van der Waals surface area contributed by atoms with Crippen molar-refractivity contribution < 1.29 is 4.92 Å². The van der Waals surface area contributed by atoms with Gasteiger partial charge in [-0.1, -0.05) is 12.1 Å². The van der Waals surface area contributed by atoms with E-state index in [1.54, 1.807) is 12.1 Å². The van der Waals surface area contributed by atoms with Crippen LogP contribution in [0.25, 0.3) is 0 Å². The quantitative estimate of drug-likeness (QED) is 0.638. The topological polar surface area (TPSA) is 59.3 Å². The summed E-state index contributed by atoms with van der Waals surface area (Å²) >= 11 is 0. The zero-order valence-corrected chi connectivity index (χ0v) is 11.7. The van der Waals surface area contributed by atoms with Crippen molar-refractivity contribution in [2.45, 2.75) is 25.4 Å². The van der Waals surface area contributed by atoms with Crippen LogP contribution in [0.4, 0.5) is 5.69 Å². The van der Waals surface area contributed by atoms with Gasteiger partial charge in [0.2, 0.25) is 0 Å². The van der Waals surface area contributed by atoms with E-state index in [0.717, 1.165) is 25.1 Å². The van der Waals surface area contributed by atoms with E-state index in [1.807, 2.05) is 24.5 Å². The normalized spacial score (nSPS) is 18.8. The molecule has 1 aromatic carbocycles. The average molecular weight is 283 g/mol. The second-order valence-electron chi connectivity index (χ2n) is 5.33. The first-order valence-electron chi connectivity index (χ1n) is 7.11. The van der Waals surface area contributed by atoms with Crippen molar-refractivity contribution in [3.05, 3.63) is 70.0 Å². The van der Waals surface area contributed by atoms with Gasteiger partial charge in [-0.2, -0.15) is 0 Å². The van der Waals surface area contributed by atoms with Crippen LogP contribution in [0.5, 0.6) is 0 Å². The Morgan fingerprint density at radius 2 is 1.90 bits per heavy atom. The van der Waals surface area contributed by atoms with Gasteiger partial charge in [0.1, 0.15) is 0 Å². The number of nitro groups is 1. The van der Waals surface area contributed by atoms with Crippen molar-refractivity contribution in [1.29, 1.82) is 0 Å². The Morgan fingerprint density at radius 1 is 1.19 bits per heavy atom. The van der Waals surface area contributed by atoms with Gasteiger partial charge in [0.05, 0.1) is 4.92 Å². The number of pyridine rings is 1. The van der Waals surface area contributed by atoms with E-state index in [9.17, 15) is 10.1 Å². The van der Waals surface area contributed by atoms with Gasteiger partial charge < -0.3 is 0 Å². The molecule has 3 rings (SSSR count). The Balaban J connectivity index is 1.73. The first-order valence-corrected chi connectivity index (χ1v) is 7.11. The van der Waals surface area contributed by atoms with Crippen molar-refractivity contribution in [3.8, 4) is 0 Å². The number of likely N-dealkylation sites (tertiary alicyclic amines) is 1. The van der Waals surface area contributed by atoms with E-state index < -0.39 is 0 Å². The summed E-state index contributed by atoms with van der Waals surface area (Å²) in [6.07, 6.45) is 5.99. The van der Waals surface area contributed by atoms with Crippen molar-refractivity contribution in [2.24, 2.45) is 0 Å². The van der Waals surface area contributed by atoms with Gasteiger partial charge in [0.25, 0.3) is 5.69 Å². The summed E-state index contributed by atoms with van der Waals surface area (Å²) in [7, 11) is 0. The average Bonchev–Trinajstić information content (AvgIpc) is 2.97. The fourth-order valence-corrected chi connectivity index (χ4v) is 2.94. The van der Waals surface area contributed by atoms with E-state index >= 15 is 0 Å². The third-order valence-electron chi connectivity index (χ3n) is 3.99. The molecule has 1 atom stereocenters. The first kappa shape index (κ1) is 13.7. The largest absolute Gasteiger partial charge is 0.292 e. The van der Waals surface area contributed by atoms with E-state index in [1.165, 1.54) is 12.0 Å². The summed E-state index contributed by atoms with van der Waals surface area (Å²) in [6, 6.07) is 11.4. The van der Waals surface area contributed by atoms with Crippen LogP contribution in [0.15, 0.2) is 48.8 Å². The van der Waals surface area contributed by atoms with Crippen molar-refractivity contribution in [2.75, 3.05) is 6.54 Å². The minimum absolute atomic E-state index is 0.144. The van der Waals surface area contributed by atoms with E-state index in [-0.39, 0.29) is 10.6 Å². The Morgan fingerprint density at radius 3 is 2.57 bits per heavy atom. The van der Waals surface area contributed by atoms with E-state index in [2.05, 4.69) is 22.0 Å². The Labute approximate surface area is 123 Å². The summed E-state index contributed by atoms with van der Waals surface area (Å²) in [5.41, 5.74) is 2.55.